The van der Waals surface area contributed by atoms with Crippen LogP contribution in [0.5, 0.6) is 0 Å². The lowest BCUT2D eigenvalue weighted by Crippen LogP contribution is -2.03. The molecule has 0 spiro atoms. The molecule has 0 bridgehead atoms. The second-order valence-electron chi connectivity index (χ2n) is 5.03. The molecule has 2 aromatic heterocycles. The zero-order valence-corrected chi connectivity index (χ0v) is 11.8. The second kappa shape index (κ2) is 5.09. The molecule has 1 aromatic carbocycles. The van der Waals surface area contributed by atoms with Crippen LogP contribution in [0.2, 0.25) is 0 Å². The fraction of sp³-hybridized carbons (Fsp3) is 0.333. The van der Waals surface area contributed by atoms with Gasteiger partial charge in [0.2, 0.25) is 5.95 Å². The van der Waals surface area contributed by atoms with Crippen molar-refractivity contribution >= 4 is 11.0 Å². The molecule has 5 nitrogen and oxygen atoms in total. The monoisotopic (exact) mass is 269 g/mol. The Labute approximate surface area is 117 Å². The molecule has 0 amide bonds. The first-order valence-corrected chi connectivity index (χ1v) is 6.91. The number of benzene rings is 1. The van der Waals surface area contributed by atoms with Crippen LogP contribution in [0.1, 0.15) is 23.4 Å². The minimum atomic E-state index is 0.703. The van der Waals surface area contributed by atoms with Crippen molar-refractivity contribution < 1.29 is 0 Å². The average molecular weight is 269 g/mol. The van der Waals surface area contributed by atoms with Crippen molar-refractivity contribution in [2.45, 2.75) is 26.7 Å². The Kier molecular flexibility index (Phi) is 3.28. The number of para-hydroxylation sites is 2. The number of nitrogens with one attached hydrogen (secondary N) is 1. The number of nitrogens with two attached hydrogens (primary N) is 1. The molecule has 104 valence electrons. The number of hydrogen-bond acceptors (Lipinski definition) is 3. The Morgan fingerprint density at radius 3 is 2.80 bits per heavy atom. The summed E-state index contributed by atoms with van der Waals surface area (Å²) in [6.07, 6.45) is 1.95. The van der Waals surface area contributed by atoms with Crippen molar-refractivity contribution in [1.29, 1.82) is 0 Å². The Morgan fingerprint density at radius 1 is 1.25 bits per heavy atom. The van der Waals surface area contributed by atoms with Gasteiger partial charge in [-0.25, -0.2) is 9.67 Å². The molecule has 0 saturated carbocycles. The fourth-order valence-electron chi connectivity index (χ4n) is 2.56. The summed E-state index contributed by atoms with van der Waals surface area (Å²) >= 11 is 0. The van der Waals surface area contributed by atoms with Gasteiger partial charge in [0, 0.05) is 5.69 Å². The van der Waals surface area contributed by atoms with Crippen LogP contribution in [-0.2, 0) is 6.42 Å². The van der Waals surface area contributed by atoms with Gasteiger partial charge in [-0.1, -0.05) is 12.1 Å². The van der Waals surface area contributed by atoms with E-state index in [2.05, 4.69) is 22.0 Å². The molecule has 0 unspecified atom stereocenters. The number of rotatable bonds is 4. The number of hydrogen-bond donors (Lipinski definition) is 2. The number of aromatic nitrogens is 4. The van der Waals surface area contributed by atoms with Gasteiger partial charge < -0.3 is 10.7 Å². The van der Waals surface area contributed by atoms with Gasteiger partial charge in [-0.2, -0.15) is 5.10 Å². The van der Waals surface area contributed by atoms with Crippen molar-refractivity contribution in [3.05, 3.63) is 41.2 Å². The normalized spacial score (nSPS) is 11.3. The highest BCUT2D eigenvalue weighted by Gasteiger charge is 2.14. The maximum Gasteiger partial charge on any atom is 0.229 e. The topological polar surface area (TPSA) is 72.5 Å². The Morgan fingerprint density at radius 2 is 2.05 bits per heavy atom. The molecule has 3 aromatic rings. The third kappa shape index (κ3) is 2.10. The van der Waals surface area contributed by atoms with E-state index in [1.165, 1.54) is 5.56 Å². The predicted octanol–water partition coefficient (Wildman–Crippen LogP) is 2.26. The van der Waals surface area contributed by atoms with E-state index in [4.69, 9.17) is 5.73 Å². The summed E-state index contributed by atoms with van der Waals surface area (Å²) in [6, 6.07) is 8.00. The van der Waals surface area contributed by atoms with E-state index in [0.29, 0.717) is 6.54 Å². The number of aryl methyl sites for hydroxylation is 1. The number of aromatic amines is 1. The highest BCUT2D eigenvalue weighted by molar-refractivity contribution is 5.75. The SMILES string of the molecule is Cc1nn(-c2nc3ccccc3[nH]2)c(C)c1CCCN. The largest absolute Gasteiger partial charge is 0.330 e. The first-order chi connectivity index (χ1) is 9.70. The van der Waals surface area contributed by atoms with Crippen molar-refractivity contribution in [1.82, 2.24) is 19.7 Å². The van der Waals surface area contributed by atoms with Crippen molar-refractivity contribution in [2.75, 3.05) is 6.54 Å². The Balaban J connectivity index is 2.05. The van der Waals surface area contributed by atoms with Gasteiger partial charge in [-0.15, -0.1) is 0 Å². The predicted molar refractivity (Wildman–Crippen MR) is 80.1 cm³/mol. The molecule has 3 rings (SSSR count). The van der Waals surface area contributed by atoms with E-state index in [0.717, 1.165) is 41.2 Å². The molecular weight excluding hydrogens is 250 g/mol. The summed E-state index contributed by atoms with van der Waals surface area (Å²) < 4.78 is 1.89. The van der Waals surface area contributed by atoms with Crippen molar-refractivity contribution in [2.24, 2.45) is 5.73 Å². The highest BCUT2D eigenvalue weighted by atomic mass is 15.4. The molecule has 0 fully saturated rings. The summed E-state index contributed by atoms with van der Waals surface area (Å²) in [4.78, 5) is 7.91. The van der Waals surface area contributed by atoms with Crippen LogP contribution >= 0.6 is 0 Å². The third-order valence-electron chi connectivity index (χ3n) is 3.65. The molecule has 0 aliphatic carbocycles. The first-order valence-electron chi connectivity index (χ1n) is 6.91. The third-order valence-corrected chi connectivity index (χ3v) is 3.65. The van der Waals surface area contributed by atoms with E-state index in [1.54, 1.807) is 0 Å². The van der Waals surface area contributed by atoms with Crippen LogP contribution in [-0.4, -0.2) is 26.3 Å². The molecule has 0 saturated heterocycles. The second-order valence-corrected chi connectivity index (χ2v) is 5.03. The molecule has 5 heteroatoms. The Bertz CT molecular complexity index is 705. The smallest absolute Gasteiger partial charge is 0.229 e. The quantitative estimate of drug-likeness (QED) is 0.763. The molecular formula is C15H19N5. The summed E-state index contributed by atoms with van der Waals surface area (Å²) in [6.45, 7) is 4.83. The van der Waals surface area contributed by atoms with Gasteiger partial charge in [0.05, 0.1) is 16.7 Å². The molecule has 20 heavy (non-hydrogen) atoms. The highest BCUT2D eigenvalue weighted by Crippen LogP contribution is 2.19. The Hall–Kier alpha value is -2.14. The van der Waals surface area contributed by atoms with Gasteiger partial charge in [0.25, 0.3) is 0 Å². The number of H-pyrrole nitrogens is 1. The van der Waals surface area contributed by atoms with Crippen LogP contribution in [0, 0.1) is 13.8 Å². The standard InChI is InChI=1S/C15H19N5/c1-10-12(6-5-9-16)11(2)20(19-10)15-17-13-7-3-4-8-14(13)18-15/h3-4,7-8H,5-6,9,16H2,1-2H3,(H,17,18). The minimum absolute atomic E-state index is 0.703. The van der Waals surface area contributed by atoms with Gasteiger partial charge in [-0.05, 0) is 50.9 Å². The van der Waals surface area contributed by atoms with E-state index >= 15 is 0 Å². The molecule has 2 heterocycles. The van der Waals surface area contributed by atoms with Crippen LogP contribution in [0.4, 0.5) is 0 Å². The number of nitrogens with zero attached hydrogens (tertiary/aromatic N) is 3. The van der Waals surface area contributed by atoms with Crippen LogP contribution in [0.15, 0.2) is 24.3 Å². The zero-order chi connectivity index (χ0) is 14.1. The van der Waals surface area contributed by atoms with Crippen molar-refractivity contribution in [3.63, 3.8) is 0 Å². The molecule has 0 atom stereocenters. The fourth-order valence-corrected chi connectivity index (χ4v) is 2.56. The zero-order valence-electron chi connectivity index (χ0n) is 11.8. The molecule has 3 N–H and O–H groups in total. The maximum atomic E-state index is 5.60. The van der Waals surface area contributed by atoms with Gasteiger partial charge in [-0.3, -0.25) is 0 Å². The van der Waals surface area contributed by atoms with Crippen molar-refractivity contribution in [3.8, 4) is 5.95 Å². The van der Waals surface area contributed by atoms with E-state index in [-0.39, 0.29) is 0 Å². The van der Waals surface area contributed by atoms with Gasteiger partial charge >= 0.3 is 0 Å². The number of imidazole rings is 1. The van der Waals surface area contributed by atoms with Gasteiger partial charge in [0.15, 0.2) is 0 Å². The van der Waals surface area contributed by atoms with E-state index < -0.39 is 0 Å². The average Bonchev–Trinajstić information content (AvgIpc) is 2.98. The minimum Gasteiger partial charge on any atom is -0.330 e. The summed E-state index contributed by atoms with van der Waals surface area (Å²) in [5.41, 5.74) is 11.0. The van der Waals surface area contributed by atoms with Gasteiger partial charge in [0.1, 0.15) is 0 Å². The van der Waals surface area contributed by atoms with Crippen LogP contribution < -0.4 is 5.73 Å². The molecule has 0 aliphatic heterocycles. The molecule has 0 radical (unpaired) electrons. The van der Waals surface area contributed by atoms with Crippen LogP contribution in [0.25, 0.3) is 17.0 Å². The number of fused-ring (bicyclic) bond motifs is 1. The van der Waals surface area contributed by atoms with E-state index in [1.807, 2.05) is 35.9 Å². The lowest BCUT2D eigenvalue weighted by molar-refractivity contribution is 0.786. The first kappa shape index (κ1) is 12.9. The summed E-state index contributed by atoms with van der Waals surface area (Å²) in [5, 5.41) is 4.61. The lowest BCUT2D eigenvalue weighted by Gasteiger charge is -2.01. The van der Waals surface area contributed by atoms with Crippen LogP contribution in [0.3, 0.4) is 0 Å². The van der Waals surface area contributed by atoms with E-state index in [9.17, 15) is 0 Å². The maximum absolute atomic E-state index is 5.60. The summed E-state index contributed by atoms with van der Waals surface area (Å²) in [7, 11) is 0. The molecule has 0 aliphatic rings. The summed E-state index contributed by atoms with van der Waals surface area (Å²) in [5.74, 6) is 0.769. The lowest BCUT2D eigenvalue weighted by atomic mass is 10.1.